The number of rotatable bonds is 3. The molecule has 2 heterocycles. The summed E-state index contributed by atoms with van der Waals surface area (Å²) in [4.78, 5) is 12.2. The van der Waals surface area contributed by atoms with Crippen LogP contribution in [-0.4, -0.2) is 39.2 Å². The maximum absolute atomic E-state index is 14.0. The lowest BCUT2D eigenvalue weighted by Gasteiger charge is -2.21. The van der Waals surface area contributed by atoms with Crippen LogP contribution in [-0.2, 0) is 4.79 Å². The molecular weight excluding hydrogens is 287 g/mol. The summed E-state index contributed by atoms with van der Waals surface area (Å²) in [6, 6.07) is 4.38. The average Bonchev–Trinajstić information content (AvgIpc) is 2.96. The Labute approximate surface area is 126 Å². The van der Waals surface area contributed by atoms with E-state index in [4.69, 9.17) is 0 Å². The molecule has 1 fully saturated rings. The molecule has 1 aliphatic rings. The van der Waals surface area contributed by atoms with Crippen LogP contribution in [0.4, 0.5) is 10.1 Å². The van der Waals surface area contributed by atoms with Crippen molar-refractivity contribution >= 4 is 11.6 Å². The highest BCUT2D eigenvalue weighted by Crippen LogP contribution is 2.21. The van der Waals surface area contributed by atoms with Crippen molar-refractivity contribution in [2.24, 2.45) is 5.92 Å². The van der Waals surface area contributed by atoms with Gasteiger partial charge in [0, 0.05) is 11.6 Å². The topological polar surface area (TPSA) is 84.7 Å². The molecule has 0 spiro atoms. The van der Waals surface area contributed by atoms with Crippen LogP contribution in [0.1, 0.15) is 18.7 Å². The van der Waals surface area contributed by atoms with Crippen LogP contribution in [0, 0.1) is 18.7 Å². The zero-order chi connectivity index (χ0) is 15.5. The van der Waals surface area contributed by atoms with Gasteiger partial charge in [-0.25, -0.2) is 4.39 Å². The summed E-state index contributed by atoms with van der Waals surface area (Å²) in [7, 11) is 0. The molecule has 0 atom stereocenters. The predicted octanol–water partition coefficient (Wildman–Crippen LogP) is 1.05. The van der Waals surface area contributed by atoms with Gasteiger partial charge in [0.05, 0.1) is 0 Å². The van der Waals surface area contributed by atoms with Crippen LogP contribution in [0.25, 0.3) is 5.69 Å². The van der Waals surface area contributed by atoms with Crippen molar-refractivity contribution in [3.63, 3.8) is 0 Å². The number of hydrogen-bond acceptors (Lipinski definition) is 5. The Morgan fingerprint density at radius 3 is 2.86 bits per heavy atom. The van der Waals surface area contributed by atoms with E-state index in [1.807, 2.05) is 0 Å². The molecule has 1 aromatic heterocycles. The smallest absolute Gasteiger partial charge is 0.227 e. The Morgan fingerprint density at radius 1 is 1.41 bits per heavy atom. The Kier molecular flexibility index (Phi) is 4.10. The molecule has 8 heteroatoms. The number of tetrazole rings is 1. The van der Waals surface area contributed by atoms with Gasteiger partial charge in [-0.15, -0.1) is 5.10 Å². The summed E-state index contributed by atoms with van der Waals surface area (Å²) in [5.74, 6) is -0.0204. The Morgan fingerprint density at radius 2 is 2.18 bits per heavy atom. The lowest BCUT2D eigenvalue weighted by atomic mass is 9.97. The highest BCUT2D eigenvalue weighted by Gasteiger charge is 2.21. The molecule has 1 aliphatic heterocycles. The third-order valence-electron chi connectivity index (χ3n) is 3.78. The Balaban J connectivity index is 1.80. The van der Waals surface area contributed by atoms with E-state index in [2.05, 4.69) is 26.2 Å². The second-order valence-electron chi connectivity index (χ2n) is 5.32. The molecule has 116 valence electrons. The predicted molar refractivity (Wildman–Crippen MR) is 78.1 cm³/mol. The number of anilines is 1. The van der Waals surface area contributed by atoms with Gasteiger partial charge >= 0.3 is 0 Å². The number of carbonyl (C=O) groups is 1. The number of piperidine rings is 1. The first kappa shape index (κ1) is 14.6. The second-order valence-corrected chi connectivity index (χ2v) is 5.32. The van der Waals surface area contributed by atoms with E-state index in [0.717, 1.165) is 25.9 Å². The number of nitrogens with zero attached hydrogens (tertiary/aromatic N) is 4. The molecule has 0 saturated carbocycles. The van der Waals surface area contributed by atoms with Crippen LogP contribution in [0.3, 0.4) is 0 Å². The zero-order valence-electron chi connectivity index (χ0n) is 12.2. The van der Waals surface area contributed by atoms with Crippen molar-refractivity contribution in [2.75, 3.05) is 18.4 Å². The van der Waals surface area contributed by atoms with Crippen LogP contribution in [0.2, 0.25) is 0 Å². The van der Waals surface area contributed by atoms with E-state index in [-0.39, 0.29) is 17.5 Å². The number of carbonyl (C=O) groups excluding carboxylic acids is 1. The highest BCUT2D eigenvalue weighted by atomic mass is 19.1. The zero-order valence-corrected chi connectivity index (χ0v) is 12.2. The Hall–Kier alpha value is -2.35. The molecule has 0 radical (unpaired) electrons. The molecule has 2 aromatic rings. The largest absolute Gasteiger partial charge is 0.326 e. The lowest BCUT2D eigenvalue weighted by Crippen LogP contribution is -2.34. The third kappa shape index (κ3) is 2.96. The summed E-state index contributed by atoms with van der Waals surface area (Å²) in [5.41, 5.74) is 0.750. The summed E-state index contributed by atoms with van der Waals surface area (Å²) >= 11 is 0. The normalized spacial score (nSPS) is 15.7. The number of aryl methyl sites for hydroxylation is 1. The second kappa shape index (κ2) is 6.18. The van der Waals surface area contributed by atoms with Gasteiger partial charge in [-0.3, -0.25) is 4.79 Å². The summed E-state index contributed by atoms with van der Waals surface area (Å²) < 4.78 is 15.3. The van der Waals surface area contributed by atoms with Gasteiger partial charge < -0.3 is 10.6 Å². The van der Waals surface area contributed by atoms with E-state index in [1.54, 1.807) is 6.92 Å². The van der Waals surface area contributed by atoms with E-state index in [1.165, 1.54) is 22.9 Å². The van der Waals surface area contributed by atoms with Crippen LogP contribution in [0.5, 0.6) is 0 Å². The first-order valence-corrected chi connectivity index (χ1v) is 7.21. The molecule has 1 amide bonds. The van der Waals surface area contributed by atoms with Gasteiger partial charge in [-0.1, -0.05) is 0 Å². The first-order valence-electron chi connectivity index (χ1n) is 7.21. The van der Waals surface area contributed by atoms with Gasteiger partial charge in [-0.05, 0) is 61.5 Å². The van der Waals surface area contributed by atoms with Crippen LogP contribution < -0.4 is 10.6 Å². The van der Waals surface area contributed by atoms with Gasteiger partial charge in [0.15, 0.2) is 5.82 Å². The summed E-state index contributed by atoms with van der Waals surface area (Å²) in [6.45, 7) is 3.37. The van der Waals surface area contributed by atoms with Crippen molar-refractivity contribution < 1.29 is 9.18 Å². The molecule has 0 aliphatic carbocycles. The van der Waals surface area contributed by atoms with Gasteiger partial charge in [0.2, 0.25) is 5.91 Å². The minimum Gasteiger partial charge on any atom is -0.326 e. The number of aromatic nitrogens is 4. The summed E-state index contributed by atoms with van der Waals surface area (Å²) in [6.07, 6.45) is 1.62. The SMILES string of the molecule is Cc1nnnn1-c1cc(NC(=O)C2CCNCC2)ccc1F. The van der Waals surface area contributed by atoms with Crippen molar-refractivity contribution in [3.8, 4) is 5.69 Å². The number of amides is 1. The van der Waals surface area contributed by atoms with Crippen LogP contribution in [0.15, 0.2) is 18.2 Å². The molecule has 1 saturated heterocycles. The monoisotopic (exact) mass is 304 g/mol. The number of hydrogen-bond donors (Lipinski definition) is 2. The Bertz CT molecular complexity index is 680. The van der Waals surface area contributed by atoms with Crippen LogP contribution >= 0.6 is 0 Å². The average molecular weight is 304 g/mol. The number of benzene rings is 1. The van der Waals surface area contributed by atoms with Crippen molar-refractivity contribution in [2.45, 2.75) is 19.8 Å². The fourth-order valence-corrected chi connectivity index (χ4v) is 2.54. The summed E-state index contributed by atoms with van der Waals surface area (Å²) in [5, 5.41) is 17.1. The van der Waals surface area contributed by atoms with Crippen molar-refractivity contribution in [3.05, 3.63) is 29.8 Å². The van der Waals surface area contributed by atoms with E-state index >= 15 is 0 Å². The fourth-order valence-electron chi connectivity index (χ4n) is 2.54. The third-order valence-corrected chi connectivity index (χ3v) is 3.78. The molecule has 1 aromatic carbocycles. The van der Waals surface area contributed by atoms with Gasteiger partial charge in [0.1, 0.15) is 11.5 Å². The fraction of sp³-hybridized carbons (Fsp3) is 0.429. The number of halogens is 1. The van der Waals surface area contributed by atoms with E-state index in [0.29, 0.717) is 11.5 Å². The molecule has 2 N–H and O–H groups in total. The van der Waals surface area contributed by atoms with Gasteiger partial charge in [-0.2, -0.15) is 4.68 Å². The highest BCUT2D eigenvalue weighted by molar-refractivity contribution is 5.92. The molecule has 3 rings (SSSR count). The van der Waals surface area contributed by atoms with Crippen molar-refractivity contribution in [1.82, 2.24) is 25.5 Å². The van der Waals surface area contributed by atoms with Crippen molar-refractivity contribution in [1.29, 1.82) is 0 Å². The molecular formula is C14H17FN6O. The maximum atomic E-state index is 14.0. The lowest BCUT2D eigenvalue weighted by molar-refractivity contribution is -0.120. The molecule has 0 unspecified atom stereocenters. The maximum Gasteiger partial charge on any atom is 0.227 e. The quantitative estimate of drug-likeness (QED) is 0.885. The number of nitrogens with one attached hydrogen (secondary N) is 2. The minimum atomic E-state index is -0.449. The van der Waals surface area contributed by atoms with E-state index < -0.39 is 5.82 Å². The standard InChI is InChI=1S/C14H17FN6O/c1-9-18-19-20-21(9)13-8-11(2-3-12(13)15)17-14(22)10-4-6-16-7-5-10/h2-3,8,10,16H,4-7H2,1H3,(H,17,22). The molecule has 7 nitrogen and oxygen atoms in total. The minimum absolute atomic E-state index is 0.00970. The van der Waals surface area contributed by atoms with Gasteiger partial charge in [0.25, 0.3) is 0 Å². The first-order chi connectivity index (χ1) is 10.6. The molecule has 22 heavy (non-hydrogen) atoms. The van der Waals surface area contributed by atoms with E-state index in [9.17, 15) is 9.18 Å². The molecule has 0 bridgehead atoms.